The molecule has 0 spiro atoms. The summed E-state index contributed by atoms with van der Waals surface area (Å²) in [7, 11) is 2.21. The second-order valence-corrected chi connectivity index (χ2v) is 13.3. The maximum Gasteiger partial charge on any atom is 0.254 e. The van der Waals surface area contributed by atoms with Gasteiger partial charge in [0.25, 0.3) is 5.91 Å². The Bertz CT molecular complexity index is 1410. The lowest BCUT2D eigenvalue weighted by Gasteiger charge is -2.46. The number of amides is 1. The van der Waals surface area contributed by atoms with Crippen molar-refractivity contribution in [1.82, 2.24) is 34.2 Å². The molecule has 0 saturated carbocycles. The lowest BCUT2D eigenvalue weighted by Crippen LogP contribution is -2.52. The highest BCUT2D eigenvalue weighted by Gasteiger charge is 2.35. The van der Waals surface area contributed by atoms with Crippen molar-refractivity contribution >= 4 is 11.6 Å². The molecule has 3 aromatic rings. The number of fused-ring (bicyclic) bond motifs is 1. The van der Waals surface area contributed by atoms with Crippen LogP contribution in [0, 0.1) is 18.7 Å². The van der Waals surface area contributed by atoms with Gasteiger partial charge in [0.1, 0.15) is 11.6 Å². The van der Waals surface area contributed by atoms with Gasteiger partial charge in [-0.25, -0.2) is 4.39 Å². The fraction of sp³-hybridized carbons (Fsp3) is 0.618. The zero-order valence-electron chi connectivity index (χ0n) is 27.2. The van der Waals surface area contributed by atoms with Crippen molar-refractivity contribution in [3.05, 3.63) is 53.2 Å². The lowest BCUT2D eigenvalue weighted by molar-refractivity contribution is 0.0553. The smallest absolute Gasteiger partial charge is 0.254 e. The first-order chi connectivity index (χ1) is 20.6. The molecule has 2 aliphatic heterocycles. The number of carbonyl (C=O) groups excluding carboxylic acids is 1. The molecule has 0 aliphatic carbocycles. The number of benzene rings is 1. The van der Waals surface area contributed by atoms with Crippen LogP contribution in [0.2, 0.25) is 0 Å². The van der Waals surface area contributed by atoms with E-state index in [2.05, 4.69) is 58.1 Å². The van der Waals surface area contributed by atoms with Gasteiger partial charge in [-0.05, 0) is 89.4 Å². The van der Waals surface area contributed by atoms with Gasteiger partial charge in [0.2, 0.25) is 0 Å². The van der Waals surface area contributed by atoms with Gasteiger partial charge in [-0.3, -0.25) is 14.1 Å². The third kappa shape index (κ3) is 6.79. The maximum absolute atomic E-state index is 14.6. The summed E-state index contributed by atoms with van der Waals surface area (Å²) in [5.74, 6) is 1.19. The van der Waals surface area contributed by atoms with Gasteiger partial charge in [-0.15, -0.1) is 10.2 Å². The van der Waals surface area contributed by atoms with Crippen LogP contribution >= 0.6 is 0 Å². The van der Waals surface area contributed by atoms with Crippen LogP contribution in [0.3, 0.4) is 0 Å². The van der Waals surface area contributed by atoms with E-state index in [9.17, 15) is 9.18 Å². The van der Waals surface area contributed by atoms with Crippen LogP contribution in [-0.4, -0.2) is 112 Å². The van der Waals surface area contributed by atoms with Gasteiger partial charge in [0.15, 0.2) is 5.65 Å². The van der Waals surface area contributed by atoms with Crippen LogP contribution in [0.4, 0.5) is 4.39 Å². The molecule has 43 heavy (non-hydrogen) atoms. The molecule has 2 saturated heterocycles. The molecule has 5 rings (SSSR count). The SMILES string of the molecule is CCN(C(=O)c1cc(F)ccc1-c1cc(C2CN([C@@H](CCCN3CCN(C)CC3)C(C)C)C2)cn2c(C)nnc12)C(C)C. The van der Waals surface area contributed by atoms with Crippen LogP contribution in [0.1, 0.15) is 75.1 Å². The minimum Gasteiger partial charge on any atom is -0.336 e. The number of hydrogen-bond acceptors (Lipinski definition) is 6. The Morgan fingerprint density at radius 3 is 2.42 bits per heavy atom. The normalized spacial score (nSPS) is 18.1. The first-order valence-electron chi connectivity index (χ1n) is 16.2. The fourth-order valence-electron chi connectivity index (χ4n) is 6.90. The second kappa shape index (κ2) is 13.4. The number of hydrogen-bond donors (Lipinski definition) is 0. The second-order valence-electron chi connectivity index (χ2n) is 13.3. The Kier molecular flexibility index (Phi) is 9.83. The molecule has 8 nitrogen and oxygen atoms in total. The molecule has 1 aromatic carbocycles. The van der Waals surface area contributed by atoms with Crippen LogP contribution in [0.25, 0.3) is 16.8 Å². The molecule has 9 heteroatoms. The summed E-state index contributed by atoms with van der Waals surface area (Å²) in [6.07, 6.45) is 4.61. The van der Waals surface area contributed by atoms with Crippen molar-refractivity contribution in [2.45, 2.75) is 72.4 Å². The van der Waals surface area contributed by atoms with Gasteiger partial charge >= 0.3 is 0 Å². The predicted molar refractivity (Wildman–Crippen MR) is 171 cm³/mol. The summed E-state index contributed by atoms with van der Waals surface area (Å²) < 4.78 is 16.6. The molecule has 234 valence electrons. The summed E-state index contributed by atoms with van der Waals surface area (Å²) in [5.41, 5.74) is 3.79. The first kappa shape index (κ1) is 31.5. The quantitative estimate of drug-likeness (QED) is 0.307. The number of aromatic nitrogens is 3. The summed E-state index contributed by atoms with van der Waals surface area (Å²) in [4.78, 5) is 23.1. The number of likely N-dealkylation sites (N-methyl/N-ethyl adjacent to an activating group) is 1. The number of pyridine rings is 1. The molecular weight excluding hydrogens is 541 g/mol. The van der Waals surface area contributed by atoms with Gasteiger partial charge in [-0.2, -0.15) is 0 Å². The minimum absolute atomic E-state index is 0.00623. The van der Waals surface area contributed by atoms with E-state index in [1.807, 2.05) is 32.1 Å². The lowest BCUT2D eigenvalue weighted by atomic mass is 9.85. The number of halogens is 1. The van der Waals surface area contributed by atoms with Crippen LogP contribution in [0.5, 0.6) is 0 Å². The molecule has 1 amide bonds. The Balaban J connectivity index is 1.37. The molecule has 4 heterocycles. The molecule has 2 aromatic heterocycles. The standard InChI is InChI=1S/C34H50FN7O/c1-8-41(24(4)5)34(43)31-19-28(35)11-12-29(31)30-18-26(22-42-25(6)36-37-33(30)42)27-20-40(21-27)32(23(2)3)10-9-13-39-16-14-38(7)15-17-39/h11-12,18-19,22-24,27,32H,8-10,13-17,20-21H2,1-7H3/t32-/m0/s1. The van der Waals surface area contributed by atoms with Crippen LogP contribution in [-0.2, 0) is 0 Å². The Morgan fingerprint density at radius 1 is 1.05 bits per heavy atom. The van der Waals surface area contributed by atoms with Gasteiger partial charge in [0, 0.05) is 75.6 Å². The molecule has 0 unspecified atom stereocenters. The van der Waals surface area contributed by atoms with E-state index in [-0.39, 0.29) is 11.9 Å². The monoisotopic (exact) mass is 591 g/mol. The highest BCUT2D eigenvalue weighted by atomic mass is 19.1. The Morgan fingerprint density at radius 2 is 1.77 bits per heavy atom. The van der Waals surface area contributed by atoms with E-state index in [1.165, 1.54) is 63.3 Å². The highest BCUT2D eigenvalue weighted by Crippen LogP contribution is 2.37. The van der Waals surface area contributed by atoms with Gasteiger partial charge < -0.3 is 14.7 Å². The molecular formula is C34H50FN7O. The minimum atomic E-state index is -0.418. The molecule has 0 N–H and O–H groups in total. The van der Waals surface area contributed by atoms with E-state index >= 15 is 0 Å². The summed E-state index contributed by atoms with van der Waals surface area (Å²) in [5, 5.41) is 8.85. The number of rotatable bonds is 11. The van der Waals surface area contributed by atoms with Gasteiger partial charge in [-0.1, -0.05) is 19.9 Å². The van der Waals surface area contributed by atoms with Gasteiger partial charge in [0.05, 0.1) is 5.56 Å². The van der Waals surface area contributed by atoms with E-state index in [1.54, 1.807) is 11.0 Å². The molecule has 2 aliphatic rings. The maximum atomic E-state index is 14.6. The Hall–Kier alpha value is -2.88. The third-order valence-electron chi connectivity index (χ3n) is 9.61. The van der Waals surface area contributed by atoms with Crippen molar-refractivity contribution in [1.29, 1.82) is 0 Å². The van der Waals surface area contributed by atoms with Crippen molar-refractivity contribution in [3.8, 4) is 11.1 Å². The van der Waals surface area contributed by atoms with Crippen LogP contribution < -0.4 is 0 Å². The number of likely N-dealkylation sites (tertiary alicyclic amines) is 1. The van der Waals surface area contributed by atoms with Crippen molar-refractivity contribution < 1.29 is 9.18 Å². The van der Waals surface area contributed by atoms with Crippen molar-refractivity contribution in [2.75, 3.05) is 59.4 Å². The highest BCUT2D eigenvalue weighted by molar-refractivity contribution is 6.02. The van der Waals surface area contributed by atoms with E-state index in [0.29, 0.717) is 41.2 Å². The Labute approximate surface area is 256 Å². The third-order valence-corrected chi connectivity index (χ3v) is 9.61. The molecule has 1 atom stereocenters. The van der Waals surface area contributed by atoms with Crippen LogP contribution in [0.15, 0.2) is 30.5 Å². The fourth-order valence-corrected chi connectivity index (χ4v) is 6.90. The van der Waals surface area contributed by atoms with Crippen molar-refractivity contribution in [3.63, 3.8) is 0 Å². The molecule has 0 bridgehead atoms. The van der Waals surface area contributed by atoms with E-state index in [4.69, 9.17) is 0 Å². The number of piperazine rings is 1. The van der Waals surface area contributed by atoms with Crippen molar-refractivity contribution in [2.24, 2.45) is 5.92 Å². The van der Waals surface area contributed by atoms with E-state index in [0.717, 1.165) is 24.5 Å². The zero-order chi connectivity index (χ0) is 30.8. The summed E-state index contributed by atoms with van der Waals surface area (Å²) in [6.45, 7) is 21.0. The average molecular weight is 592 g/mol. The molecule has 0 radical (unpaired) electrons. The summed E-state index contributed by atoms with van der Waals surface area (Å²) in [6, 6.07) is 7.27. The number of carbonyl (C=O) groups is 1. The zero-order valence-corrected chi connectivity index (χ0v) is 27.2. The average Bonchev–Trinajstić information content (AvgIpc) is 3.32. The largest absolute Gasteiger partial charge is 0.336 e. The summed E-state index contributed by atoms with van der Waals surface area (Å²) >= 11 is 0. The number of nitrogens with zero attached hydrogens (tertiary/aromatic N) is 7. The first-order valence-corrected chi connectivity index (χ1v) is 16.2. The molecule has 2 fully saturated rings. The number of aryl methyl sites for hydroxylation is 1. The predicted octanol–water partition coefficient (Wildman–Crippen LogP) is 5.17. The van der Waals surface area contributed by atoms with E-state index < -0.39 is 5.82 Å². The topological polar surface area (TPSA) is 60.2 Å².